The maximum Gasteiger partial charge on any atom is 0.315 e. The lowest BCUT2D eigenvalue weighted by molar-refractivity contribution is -0.143. The average molecular weight is 299 g/mol. The number of rotatable bonds is 5. The fourth-order valence-electron chi connectivity index (χ4n) is 3.58. The van der Waals surface area contributed by atoms with E-state index >= 15 is 0 Å². The van der Waals surface area contributed by atoms with E-state index in [9.17, 15) is 14.7 Å². The van der Waals surface area contributed by atoms with Crippen molar-refractivity contribution in [1.29, 1.82) is 0 Å². The summed E-state index contributed by atoms with van der Waals surface area (Å²) in [6.07, 6.45) is 6.28. The highest BCUT2D eigenvalue weighted by molar-refractivity contribution is 5.84. The molecule has 3 rings (SSSR count). The van der Waals surface area contributed by atoms with Gasteiger partial charge in [0.25, 0.3) is 0 Å². The summed E-state index contributed by atoms with van der Waals surface area (Å²) in [7, 11) is 0. The molecule has 4 nitrogen and oxygen atoms in total. The van der Waals surface area contributed by atoms with Crippen molar-refractivity contribution in [2.24, 2.45) is 17.8 Å². The number of hydrogen-bond acceptors (Lipinski definition) is 2. The minimum Gasteiger partial charge on any atom is -0.481 e. The van der Waals surface area contributed by atoms with Crippen molar-refractivity contribution in [1.82, 2.24) is 5.32 Å². The van der Waals surface area contributed by atoms with Crippen LogP contribution in [0.5, 0.6) is 0 Å². The predicted octanol–water partition coefficient (Wildman–Crippen LogP) is 2.36. The van der Waals surface area contributed by atoms with Crippen molar-refractivity contribution in [3.05, 3.63) is 48.0 Å². The van der Waals surface area contributed by atoms with Gasteiger partial charge in [0, 0.05) is 12.5 Å². The molecule has 0 aromatic heterocycles. The van der Waals surface area contributed by atoms with Gasteiger partial charge in [0.05, 0.1) is 0 Å². The molecule has 2 bridgehead atoms. The highest BCUT2D eigenvalue weighted by atomic mass is 16.4. The fraction of sp³-hybridized carbons (Fsp3) is 0.444. The predicted molar refractivity (Wildman–Crippen MR) is 83.3 cm³/mol. The van der Waals surface area contributed by atoms with Crippen LogP contribution >= 0.6 is 0 Å². The van der Waals surface area contributed by atoms with Gasteiger partial charge in [-0.05, 0) is 37.2 Å². The van der Waals surface area contributed by atoms with Gasteiger partial charge in [-0.2, -0.15) is 0 Å². The van der Waals surface area contributed by atoms with Gasteiger partial charge in [-0.3, -0.25) is 9.59 Å². The first-order valence-corrected chi connectivity index (χ1v) is 7.75. The molecular formula is C18H21NO3. The summed E-state index contributed by atoms with van der Waals surface area (Å²) < 4.78 is 0. The molecule has 1 aromatic carbocycles. The van der Waals surface area contributed by atoms with Gasteiger partial charge in [-0.1, -0.05) is 42.5 Å². The molecule has 0 radical (unpaired) electrons. The quantitative estimate of drug-likeness (QED) is 0.820. The second-order valence-corrected chi connectivity index (χ2v) is 6.61. The maximum absolute atomic E-state index is 12.4. The van der Waals surface area contributed by atoms with Gasteiger partial charge < -0.3 is 10.4 Å². The summed E-state index contributed by atoms with van der Waals surface area (Å²) in [5, 5.41) is 12.5. The average Bonchev–Trinajstić information content (AvgIpc) is 3.16. The Labute approximate surface area is 130 Å². The number of carbonyl (C=O) groups is 2. The molecule has 2 aliphatic rings. The van der Waals surface area contributed by atoms with Gasteiger partial charge >= 0.3 is 5.97 Å². The van der Waals surface area contributed by atoms with Crippen LogP contribution in [0, 0.1) is 17.8 Å². The molecule has 116 valence electrons. The van der Waals surface area contributed by atoms with E-state index < -0.39 is 11.4 Å². The molecule has 2 aliphatic carbocycles. The van der Waals surface area contributed by atoms with Crippen molar-refractivity contribution >= 4 is 11.9 Å². The van der Waals surface area contributed by atoms with E-state index in [4.69, 9.17) is 0 Å². The summed E-state index contributed by atoms with van der Waals surface area (Å²) in [4.78, 5) is 24.1. The first-order valence-electron chi connectivity index (χ1n) is 7.75. The normalized spacial score (nSPS) is 28.3. The van der Waals surface area contributed by atoms with Crippen molar-refractivity contribution in [2.75, 3.05) is 6.54 Å². The molecule has 0 saturated heterocycles. The Morgan fingerprint density at radius 3 is 2.50 bits per heavy atom. The van der Waals surface area contributed by atoms with Crippen molar-refractivity contribution in [3.8, 4) is 0 Å². The van der Waals surface area contributed by atoms with E-state index in [0.717, 1.165) is 12.8 Å². The third-order valence-electron chi connectivity index (χ3n) is 5.11. The minimum absolute atomic E-state index is 0.00354. The van der Waals surface area contributed by atoms with Crippen molar-refractivity contribution in [3.63, 3.8) is 0 Å². The second kappa shape index (κ2) is 5.59. The summed E-state index contributed by atoms with van der Waals surface area (Å²) >= 11 is 0. The first kappa shape index (κ1) is 14.8. The highest BCUT2D eigenvalue weighted by Crippen LogP contribution is 2.43. The maximum atomic E-state index is 12.4. The van der Waals surface area contributed by atoms with Gasteiger partial charge in [0.2, 0.25) is 5.91 Å². The fourth-order valence-corrected chi connectivity index (χ4v) is 3.58. The number of carbonyl (C=O) groups excluding carboxylic acids is 1. The largest absolute Gasteiger partial charge is 0.481 e. The SMILES string of the molecule is CC(CNC(=O)C1CC2C=CC1C2)(C(=O)O)c1ccccc1. The number of aliphatic carboxylic acids is 1. The Hall–Kier alpha value is -2.10. The number of nitrogens with one attached hydrogen (secondary N) is 1. The number of allylic oxidation sites excluding steroid dienone is 2. The lowest BCUT2D eigenvalue weighted by Gasteiger charge is -2.27. The minimum atomic E-state index is -1.11. The van der Waals surface area contributed by atoms with E-state index in [2.05, 4.69) is 17.5 Å². The van der Waals surface area contributed by atoms with Gasteiger partial charge in [-0.25, -0.2) is 0 Å². The lowest BCUT2D eigenvalue weighted by atomic mass is 9.82. The Morgan fingerprint density at radius 2 is 1.95 bits per heavy atom. The molecule has 4 heteroatoms. The van der Waals surface area contributed by atoms with E-state index in [-0.39, 0.29) is 18.4 Å². The third-order valence-corrected chi connectivity index (χ3v) is 5.11. The molecule has 0 aliphatic heterocycles. The van der Waals surface area contributed by atoms with E-state index in [1.54, 1.807) is 19.1 Å². The number of carboxylic acids is 1. The number of carboxylic acid groups (broad SMARTS) is 1. The standard InChI is InChI=1S/C18H21NO3/c1-18(17(21)22,14-5-3-2-4-6-14)11-19-16(20)15-10-12-7-8-13(15)9-12/h2-8,12-13,15H,9-11H2,1H3,(H,19,20)(H,21,22). The molecule has 2 N–H and O–H groups in total. The van der Waals surface area contributed by atoms with Crippen molar-refractivity contribution < 1.29 is 14.7 Å². The Balaban J connectivity index is 1.69. The number of benzene rings is 1. The zero-order valence-electron chi connectivity index (χ0n) is 12.7. The monoisotopic (exact) mass is 299 g/mol. The Kier molecular flexibility index (Phi) is 3.77. The topological polar surface area (TPSA) is 66.4 Å². The van der Waals surface area contributed by atoms with Crippen LogP contribution in [0.2, 0.25) is 0 Å². The molecule has 1 aromatic rings. The summed E-state index contributed by atoms with van der Waals surface area (Å²) in [6.45, 7) is 1.77. The highest BCUT2D eigenvalue weighted by Gasteiger charge is 2.41. The third kappa shape index (κ3) is 2.54. The summed E-state index contributed by atoms with van der Waals surface area (Å²) in [5.41, 5.74) is -0.402. The molecule has 0 heterocycles. The molecule has 0 spiro atoms. The summed E-state index contributed by atoms with van der Waals surface area (Å²) in [6, 6.07) is 9.07. The second-order valence-electron chi connectivity index (χ2n) is 6.61. The van der Waals surface area contributed by atoms with Gasteiger partial charge in [-0.15, -0.1) is 0 Å². The molecule has 4 atom stereocenters. The zero-order valence-corrected chi connectivity index (χ0v) is 12.7. The van der Waals surface area contributed by atoms with Gasteiger partial charge in [0.1, 0.15) is 5.41 Å². The van der Waals surface area contributed by atoms with Crippen LogP contribution in [0.15, 0.2) is 42.5 Å². The zero-order chi connectivity index (χ0) is 15.7. The van der Waals surface area contributed by atoms with Crippen LogP contribution in [0.25, 0.3) is 0 Å². The van der Waals surface area contributed by atoms with Crippen molar-refractivity contribution in [2.45, 2.75) is 25.2 Å². The first-order chi connectivity index (χ1) is 10.5. The van der Waals surface area contributed by atoms with E-state index in [1.165, 1.54) is 0 Å². The van der Waals surface area contributed by atoms with Crippen LogP contribution in [-0.4, -0.2) is 23.5 Å². The van der Waals surface area contributed by atoms with E-state index in [1.807, 2.05) is 18.2 Å². The number of fused-ring (bicyclic) bond motifs is 2. The lowest BCUT2D eigenvalue weighted by Crippen LogP contribution is -2.46. The molecule has 1 saturated carbocycles. The van der Waals surface area contributed by atoms with E-state index in [0.29, 0.717) is 17.4 Å². The van der Waals surface area contributed by atoms with Crippen LogP contribution in [0.3, 0.4) is 0 Å². The van der Waals surface area contributed by atoms with Gasteiger partial charge in [0.15, 0.2) is 0 Å². The molecular weight excluding hydrogens is 278 g/mol. The van der Waals surface area contributed by atoms with Crippen LogP contribution in [0.1, 0.15) is 25.3 Å². The Bertz CT molecular complexity index is 610. The van der Waals surface area contributed by atoms with Crippen LogP contribution in [-0.2, 0) is 15.0 Å². The van der Waals surface area contributed by atoms with Crippen LogP contribution < -0.4 is 5.32 Å². The molecule has 1 fully saturated rings. The molecule has 1 amide bonds. The molecule has 4 unspecified atom stereocenters. The number of amides is 1. The molecule has 22 heavy (non-hydrogen) atoms. The summed E-state index contributed by atoms with van der Waals surface area (Å²) in [5.74, 6) is -0.0746. The van der Waals surface area contributed by atoms with Crippen LogP contribution in [0.4, 0.5) is 0 Å². The smallest absolute Gasteiger partial charge is 0.315 e. The Morgan fingerprint density at radius 1 is 1.23 bits per heavy atom. The number of hydrogen-bond donors (Lipinski definition) is 2.